The molecule has 0 amide bonds. The van der Waals surface area contributed by atoms with Gasteiger partial charge in [-0.2, -0.15) is 0 Å². The molecule has 5 heteroatoms. The first kappa shape index (κ1) is 20.1. The van der Waals surface area contributed by atoms with E-state index in [-0.39, 0.29) is 29.3 Å². The largest absolute Gasteiger partial charge is 0.508 e. The van der Waals surface area contributed by atoms with Crippen molar-refractivity contribution in [2.24, 2.45) is 0 Å². The maximum absolute atomic E-state index is 12.9. The zero-order chi connectivity index (χ0) is 21.6. The molecule has 2 aliphatic heterocycles. The normalized spacial score (nSPS) is 18.7. The summed E-state index contributed by atoms with van der Waals surface area (Å²) in [6, 6.07) is 6.96. The van der Waals surface area contributed by atoms with E-state index >= 15 is 0 Å². The number of carbonyl (C=O) groups is 1. The summed E-state index contributed by atoms with van der Waals surface area (Å²) in [5, 5.41) is 20.9. The number of fused-ring (bicyclic) bond motifs is 2. The Morgan fingerprint density at radius 1 is 1.20 bits per heavy atom. The van der Waals surface area contributed by atoms with Gasteiger partial charge in [-0.1, -0.05) is 17.7 Å². The van der Waals surface area contributed by atoms with E-state index < -0.39 is 11.7 Å². The van der Waals surface area contributed by atoms with E-state index in [4.69, 9.17) is 9.47 Å². The molecular weight excluding hydrogens is 380 g/mol. The van der Waals surface area contributed by atoms with Crippen molar-refractivity contribution in [2.75, 3.05) is 0 Å². The molecule has 2 aromatic rings. The molecule has 30 heavy (non-hydrogen) atoms. The number of Topliss-reactive ketones (excluding diaryl/α,β-unsaturated/α-hetero) is 1. The Balaban J connectivity index is 1.70. The Hall–Kier alpha value is -3.21. The van der Waals surface area contributed by atoms with Gasteiger partial charge in [0.25, 0.3) is 0 Å². The molecule has 2 aliphatic rings. The lowest BCUT2D eigenvalue weighted by atomic mass is 9.91. The summed E-state index contributed by atoms with van der Waals surface area (Å²) in [4.78, 5) is 12.9. The van der Waals surface area contributed by atoms with Crippen LogP contribution in [0.3, 0.4) is 0 Å². The lowest BCUT2D eigenvalue weighted by Crippen LogP contribution is -2.28. The molecule has 0 aliphatic carbocycles. The molecule has 2 heterocycles. The molecule has 0 spiro atoms. The molecule has 0 aromatic heterocycles. The second-order valence-corrected chi connectivity index (χ2v) is 8.66. The Bertz CT molecular complexity index is 1090. The van der Waals surface area contributed by atoms with Crippen LogP contribution in [0.25, 0.3) is 6.08 Å². The molecule has 0 bridgehead atoms. The molecule has 0 fully saturated rings. The van der Waals surface area contributed by atoms with Gasteiger partial charge in [0.1, 0.15) is 40.3 Å². The standard InChI is InChI=1S/C25H26O5/c1-14(2)5-6-15-11-16(7-8-18(15)26)20-12-19(27)23-22(29-20)13-21-17(24(23)28)9-10-25(3,4)30-21/h5,7-11,13,20,26,28H,6,12H2,1-4H3/t20-/m0/s1. The maximum atomic E-state index is 12.9. The minimum atomic E-state index is -0.511. The molecular formula is C25H26O5. The van der Waals surface area contributed by atoms with Gasteiger partial charge >= 0.3 is 0 Å². The fraction of sp³-hybridized carbons (Fsp3) is 0.320. The fourth-order valence-electron chi connectivity index (χ4n) is 3.78. The first-order valence-corrected chi connectivity index (χ1v) is 10.1. The number of carbonyl (C=O) groups excluding carboxylic acids is 1. The molecule has 0 saturated carbocycles. The number of rotatable bonds is 3. The quantitative estimate of drug-likeness (QED) is 0.659. The van der Waals surface area contributed by atoms with Crippen LogP contribution >= 0.6 is 0 Å². The van der Waals surface area contributed by atoms with Crippen molar-refractivity contribution < 1.29 is 24.5 Å². The van der Waals surface area contributed by atoms with Crippen molar-refractivity contribution >= 4 is 11.9 Å². The summed E-state index contributed by atoms with van der Waals surface area (Å²) in [7, 11) is 0. The van der Waals surface area contributed by atoms with E-state index in [1.165, 1.54) is 0 Å². The Labute approximate surface area is 176 Å². The number of hydrogen-bond acceptors (Lipinski definition) is 5. The summed E-state index contributed by atoms with van der Waals surface area (Å²) in [5.41, 5.74) is 2.93. The summed E-state index contributed by atoms with van der Waals surface area (Å²) in [6.45, 7) is 7.85. The average Bonchev–Trinajstić information content (AvgIpc) is 2.65. The van der Waals surface area contributed by atoms with Crippen molar-refractivity contribution in [3.63, 3.8) is 0 Å². The Kier molecular flexibility index (Phi) is 4.85. The summed E-state index contributed by atoms with van der Waals surface area (Å²) in [6.07, 6.45) is 5.88. The van der Waals surface area contributed by atoms with Crippen LogP contribution in [0.1, 0.15) is 67.3 Å². The third-order valence-electron chi connectivity index (χ3n) is 5.41. The molecule has 2 N–H and O–H groups in total. The lowest BCUT2D eigenvalue weighted by molar-refractivity contribution is 0.0842. The third kappa shape index (κ3) is 3.67. The topological polar surface area (TPSA) is 76.0 Å². The van der Waals surface area contributed by atoms with Crippen LogP contribution < -0.4 is 9.47 Å². The molecule has 0 unspecified atom stereocenters. The third-order valence-corrected chi connectivity index (χ3v) is 5.41. The molecule has 0 saturated heterocycles. The van der Waals surface area contributed by atoms with Crippen LogP contribution in [-0.4, -0.2) is 21.6 Å². The Morgan fingerprint density at radius 3 is 2.70 bits per heavy atom. The first-order valence-electron chi connectivity index (χ1n) is 10.1. The molecule has 4 rings (SSSR count). The monoisotopic (exact) mass is 406 g/mol. The number of phenols is 2. The summed E-state index contributed by atoms with van der Waals surface area (Å²) < 4.78 is 12.1. The number of aromatic hydroxyl groups is 2. The molecule has 2 aromatic carbocycles. The van der Waals surface area contributed by atoms with Crippen LogP contribution in [-0.2, 0) is 6.42 Å². The minimum Gasteiger partial charge on any atom is -0.508 e. The van der Waals surface area contributed by atoms with Crippen molar-refractivity contribution in [1.29, 1.82) is 0 Å². The summed E-state index contributed by atoms with van der Waals surface area (Å²) >= 11 is 0. The van der Waals surface area contributed by atoms with Crippen LogP contribution in [0.2, 0.25) is 0 Å². The van der Waals surface area contributed by atoms with E-state index in [0.29, 0.717) is 23.5 Å². The fourth-order valence-corrected chi connectivity index (χ4v) is 3.78. The van der Waals surface area contributed by atoms with Crippen LogP contribution in [0, 0.1) is 0 Å². The highest BCUT2D eigenvalue weighted by molar-refractivity contribution is 6.04. The zero-order valence-corrected chi connectivity index (χ0v) is 17.7. The van der Waals surface area contributed by atoms with Gasteiger partial charge < -0.3 is 19.7 Å². The highest BCUT2D eigenvalue weighted by Gasteiger charge is 2.35. The van der Waals surface area contributed by atoms with Gasteiger partial charge in [0, 0.05) is 6.07 Å². The van der Waals surface area contributed by atoms with Crippen molar-refractivity contribution in [1.82, 2.24) is 0 Å². The zero-order valence-electron chi connectivity index (χ0n) is 17.7. The number of ketones is 1. The molecule has 156 valence electrons. The maximum Gasteiger partial charge on any atom is 0.174 e. The highest BCUT2D eigenvalue weighted by Crippen LogP contribution is 2.47. The smallest absolute Gasteiger partial charge is 0.174 e. The predicted molar refractivity (Wildman–Crippen MR) is 115 cm³/mol. The second-order valence-electron chi connectivity index (χ2n) is 8.66. The second kappa shape index (κ2) is 7.24. The SMILES string of the molecule is CC(C)=CCc1cc([C@@H]2CC(=O)c3c(cc4c(c3O)C=CC(C)(C)O4)O2)ccc1O. The van der Waals surface area contributed by atoms with Crippen LogP contribution in [0.5, 0.6) is 23.0 Å². The van der Waals surface area contributed by atoms with Crippen molar-refractivity contribution in [3.05, 3.63) is 64.2 Å². The average molecular weight is 406 g/mol. The molecule has 1 atom stereocenters. The summed E-state index contributed by atoms with van der Waals surface area (Å²) in [5.74, 6) is 0.735. The van der Waals surface area contributed by atoms with E-state index in [0.717, 1.165) is 16.7 Å². The van der Waals surface area contributed by atoms with Crippen LogP contribution in [0.4, 0.5) is 0 Å². The van der Waals surface area contributed by atoms with Gasteiger partial charge in [0.15, 0.2) is 5.78 Å². The van der Waals surface area contributed by atoms with E-state index in [2.05, 4.69) is 0 Å². The van der Waals surface area contributed by atoms with Crippen LogP contribution in [0.15, 0.2) is 42.0 Å². The van der Waals surface area contributed by atoms with Gasteiger partial charge in [-0.05, 0) is 69.5 Å². The van der Waals surface area contributed by atoms with Gasteiger partial charge in [0.2, 0.25) is 0 Å². The van der Waals surface area contributed by atoms with E-state index in [1.807, 2.05) is 45.9 Å². The molecule has 0 radical (unpaired) electrons. The van der Waals surface area contributed by atoms with Crippen molar-refractivity contribution in [2.45, 2.75) is 52.2 Å². The van der Waals surface area contributed by atoms with E-state index in [1.54, 1.807) is 24.3 Å². The van der Waals surface area contributed by atoms with Crippen molar-refractivity contribution in [3.8, 4) is 23.0 Å². The van der Waals surface area contributed by atoms with Gasteiger partial charge in [-0.25, -0.2) is 0 Å². The number of phenolic OH excluding ortho intramolecular Hbond substituents is 2. The number of ether oxygens (including phenoxy) is 2. The Morgan fingerprint density at radius 2 is 1.97 bits per heavy atom. The number of allylic oxidation sites excluding steroid dienone is 2. The molecule has 5 nitrogen and oxygen atoms in total. The lowest BCUT2D eigenvalue weighted by Gasteiger charge is -2.32. The number of hydrogen-bond donors (Lipinski definition) is 2. The van der Waals surface area contributed by atoms with Gasteiger partial charge in [-0.15, -0.1) is 0 Å². The van der Waals surface area contributed by atoms with Gasteiger partial charge in [-0.3, -0.25) is 4.79 Å². The van der Waals surface area contributed by atoms with E-state index in [9.17, 15) is 15.0 Å². The number of benzene rings is 2. The first-order chi connectivity index (χ1) is 14.1. The van der Waals surface area contributed by atoms with Gasteiger partial charge in [0.05, 0.1) is 12.0 Å². The predicted octanol–water partition coefficient (Wildman–Crippen LogP) is 5.50. The highest BCUT2D eigenvalue weighted by atomic mass is 16.5. The minimum absolute atomic E-state index is 0.104.